The van der Waals surface area contributed by atoms with E-state index in [4.69, 9.17) is 0 Å². The van der Waals surface area contributed by atoms with E-state index in [0.29, 0.717) is 18.8 Å². The SMILES string of the molecule is CC1CN(c2ccc([N+](=O)[O-])cc2F)CC(C)N1. The van der Waals surface area contributed by atoms with Crippen LogP contribution >= 0.6 is 0 Å². The Balaban J connectivity index is 2.25. The molecule has 6 heteroatoms. The van der Waals surface area contributed by atoms with Gasteiger partial charge in [0.2, 0.25) is 0 Å². The van der Waals surface area contributed by atoms with Crippen LogP contribution < -0.4 is 10.2 Å². The van der Waals surface area contributed by atoms with Gasteiger partial charge in [-0.15, -0.1) is 0 Å². The van der Waals surface area contributed by atoms with E-state index in [2.05, 4.69) is 5.32 Å². The molecule has 0 aliphatic carbocycles. The first-order valence-corrected chi connectivity index (χ1v) is 5.92. The quantitative estimate of drug-likeness (QED) is 0.646. The van der Waals surface area contributed by atoms with E-state index in [1.54, 1.807) is 0 Å². The summed E-state index contributed by atoms with van der Waals surface area (Å²) in [7, 11) is 0. The molecular weight excluding hydrogens is 237 g/mol. The van der Waals surface area contributed by atoms with E-state index < -0.39 is 10.7 Å². The van der Waals surface area contributed by atoms with Gasteiger partial charge in [0.1, 0.15) is 0 Å². The molecule has 2 unspecified atom stereocenters. The minimum atomic E-state index is -0.587. The first-order chi connectivity index (χ1) is 8.47. The van der Waals surface area contributed by atoms with Crippen LogP contribution in [0.4, 0.5) is 15.8 Å². The molecule has 5 nitrogen and oxygen atoms in total. The zero-order valence-electron chi connectivity index (χ0n) is 10.4. The lowest BCUT2D eigenvalue weighted by Gasteiger charge is -2.37. The van der Waals surface area contributed by atoms with Crippen LogP contribution in [0, 0.1) is 15.9 Å². The average Bonchev–Trinajstić information content (AvgIpc) is 2.27. The summed E-state index contributed by atoms with van der Waals surface area (Å²) in [5.74, 6) is -0.537. The monoisotopic (exact) mass is 253 g/mol. The molecule has 1 saturated heterocycles. The molecule has 0 spiro atoms. The molecule has 0 saturated carbocycles. The van der Waals surface area contributed by atoms with E-state index >= 15 is 0 Å². The van der Waals surface area contributed by atoms with Gasteiger partial charge in [-0.3, -0.25) is 10.1 Å². The van der Waals surface area contributed by atoms with Crippen molar-refractivity contribution in [1.29, 1.82) is 0 Å². The number of hydrogen-bond acceptors (Lipinski definition) is 4. The van der Waals surface area contributed by atoms with Crippen LogP contribution in [-0.2, 0) is 0 Å². The van der Waals surface area contributed by atoms with Gasteiger partial charge in [0.25, 0.3) is 5.69 Å². The number of hydrogen-bond donors (Lipinski definition) is 1. The van der Waals surface area contributed by atoms with Gasteiger partial charge in [-0.2, -0.15) is 0 Å². The van der Waals surface area contributed by atoms with Crippen molar-refractivity contribution in [3.05, 3.63) is 34.1 Å². The van der Waals surface area contributed by atoms with Crippen LogP contribution in [0.25, 0.3) is 0 Å². The normalized spacial score (nSPS) is 24.1. The van der Waals surface area contributed by atoms with Crippen molar-refractivity contribution in [1.82, 2.24) is 5.32 Å². The second-order valence-electron chi connectivity index (χ2n) is 4.77. The Bertz CT molecular complexity index is 457. The third-order valence-corrected chi connectivity index (χ3v) is 3.04. The summed E-state index contributed by atoms with van der Waals surface area (Å²) >= 11 is 0. The Kier molecular flexibility index (Phi) is 3.47. The molecule has 2 atom stereocenters. The number of nitro benzene ring substituents is 1. The summed E-state index contributed by atoms with van der Waals surface area (Å²) in [5.41, 5.74) is 0.216. The third-order valence-electron chi connectivity index (χ3n) is 3.04. The number of non-ortho nitro benzene ring substituents is 1. The average molecular weight is 253 g/mol. The highest BCUT2D eigenvalue weighted by Gasteiger charge is 2.24. The highest BCUT2D eigenvalue weighted by molar-refractivity contribution is 5.53. The summed E-state index contributed by atoms with van der Waals surface area (Å²) in [6.07, 6.45) is 0. The van der Waals surface area contributed by atoms with Gasteiger partial charge in [0.15, 0.2) is 5.82 Å². The molecule has 1 aromatic rings. The summed E-state index contributed by atoms with van der Waals surface area (Å²) in [6.45, 7) is 5.45. The number of piperazine rings is 1. The smallest absolute Gasteiger partial charge is 0.272 e. The van der Waals surface area contributed by atoms with Gasteiger partial charge in [-0.1, -0.05) is 0 Å². The van der Waals surface area contributed by atoms with Crippen LogP contribution in [-0.4, -0.2) is 30.1 Å². The van der Waals surface area contributed by atoms with Crippen molar-refractivity contribution in [3.63, 3.8) is 0 Å². The van der Waals surface area contributed by atoms with Gasteiger partial charge in [-0.05, 0) is 19.9 Å². The predicted molar refractivity (Wildman–Crippen MR) is 67.3 cm³/mol. The van der Waals surface area contributed by atoms with Crippen molar-refractivity contribution >= 4 is 11.4 Å². The Morgan fingerprint density at radius 2 is 2.00 bits per heavy atom. The largest absolute Gasteiger partial charge is 0.366 e. The summed E-state index contributed by atoms with van der Waals surface area (Å²) in [6, 6.07) is 4.34. The van der Waals surface area contributed by atoms with Crippen molar-refractivity contribution in [2.75, 3.05) is 18.0 Å². The Labute approximate surface area is 105 Å². The number of nitrogens with zero attached hydrogens (tertiary/aromatic N) is 2. The molecule has 18 heavy (non-hydrogen) atoms. The molecular formula is C12H16FN3O2. The second kappa shape index (κ2) is 4.89. The van der Waals surface area contributed by atoms with Crippen LogP contribution in [0.2, 0.25) is 0 Å². The molecule has 1 fully saturated rings. The predicted octanol–water partition coefficient (Wildman–Crippen LogP) is 1.92. The van der Waals surface area contributed by atoms with Gasteiger partial charge in [0, 0.05) is 31.2 Å². The fraction of sp³-hybridized carbons (Fsp3) is 0.500. The highest BCUT2D eigenvalue weighted by atomic mass is 19.1. The molecule has 98 valence electrons. The van der Waals surface area contributed by atoms with Crippen LogP contribution in [0.3, 0.4) is 0 Å². The zero-order chi connectivity index (χ0) is 13.3. The Hall–Kier alpha value is -1.69. The number of halogens is 1. The van der Waals surface area contributed by atoms with Crippen LogP contribution in [0.5, 0.6) is 0 Å². The number of benzene rings is 1. The van der Waals surface area contributed by atoms with Gasteiger partial charge in [-0.25, -0.2) is 4.39 Å². The summed E-state index contributed by atoms with van der Waals surface area (Å²) in [5, 5.41) is 13.9. The molecule has 1 aromatic carbocycles. The standard InChI is InChI=1S/C12H16FN3O2/c1-8-6-15(7-9(2)14-8)12-4-3-10(16(17)18)5-11(12)13/h3-5,8-9,14H,6-7H2,1-2H3. The number of anilines is 1. The molecule has 0 bridgehead atoms. The molecule has 1 heterocycles. The molecule has 1 aliphatic heterocycles. The maximum absolute atomic E-state index is 13.9. The van der Waals surface area contributed by atoms with Crippen molar-refractivity contribution < 1.29 is 9.31 Å². The van der Waals surface area contributed by atoms with E-state index in [1.165, 1.54) is 12.1 Å². The maximum atomic E-state index is 13.9. The summed E-state index contributed by atoms with van der Waals surface area (Å²) in [4.78, 5) is 11.9. The lowest BCUT2D eigenvalue weighted by Crippen LogP contribution is -2.54. The second-order valence-corrected chi connectivity index (χ2v) is 4.77. The topological polar surface area (TPSA) is 58.4 Å². The first-order valence-electron chi connectivity index (χ1n) is 5.92. The van der Waals surface area contributed by atoms with Gasteiger partial charge >= 0.3 is 0 Å². The van der Waals surface area contributed by atoms with Gasteiger partial charge < -0.3 is 10.2 Å². The minimum absolute atomic E-state index is 0.215. The van der Waals surface area contributed by atoms with Gasteiger partial charge in [0.05, 0.1) is 16.7 Å². The maximum Gasteiger partial charge on any atom is 0.272 e. The van der Waals surface area contributed by atoms with Crippen LogP contribution in [0.15, 0.2) is 18.2 Å². The fourth-order valence-electron chi connectivity index (χ4n) is 2.39. The Morgan fingerprint density at radius 3 is 2.50 bits per heavy atom. The zero-order valence-corrected chi connectivity index (χ0v) is 10.4. The van der Waals surface area contributed by atoms with E-state index in [-0.39, 0.29) is 17.8 Å². The molecule has 1 N–H and O–H groups in total. The fourth-order valence-corrected chi connectivity index (χ4v) is 2.39. The Morgan fingerprint density at radius 1 is 1.39 bits per heavy atom. The van der Waals surface area contributed by atoms with Crippen molar-refractivity contribution in [2.24, 2.45) is 0 Å². The molecule has 0 aromatic heterocycles. The molecule has 0 radical (unpaired) electrons. The first kappa shape index (κ1) is 12.8. The minimum Gasteiger partial charge on any atom is -0.366 e. The molecule has 1 aliphatic rings. The van der Waals surface area contributed by atoms with E-state index in [9.17, 15) is 14.5 Å². The number of nitrogens with one attached hydrogen (secondary N) is 1. The van der Waals surface area contributed by atoms with Crippen molar-refractivity contribution in [2.45, 2.75) is 25.9 Å². The highest BCUT2D eigenvalue weighted by Crippen LogP contribution is 2.25. The van der Waals surface area contributed by atoms with E-state index in [0.717, 1.165) is 6.07 Å². The van der Waals surface area contributed by atoms with Crippen LogP contribution in [0.1, 0.15) is 13.8 Å². The van der Waals surface area contributed by atoms with Crippen molar-refractivity contribution in [3.8, 4) is 0 Å². The third kappa shape index (κ3) is 2.59. The molecule has 0 amide bonds. The number of rotatable bonds is 2. The lowest BCUT2D eigenvalue weighted by atomic mass is 10.1. The number of nitro groups is 1. The van der Waals surface area contributed by atoms with E-state index in [1.807, 2.05) is 18.7 Å². The summed E-state index contributed by atoms with van der Waals surface area (Å²) < 4.78 is 13.9. The lowest BCUT2D eigenvalue weighted by molar-refractivity contribution is -0.385. The molecule has 2 rings (SSSR count).